The molecule has 23 heavy (non-hydrogen) atoms. The number of hydrogen-bond acceptors (Lipinski definition) is 2. The highest BCUT2D eigenvalue weighted by molar-refractivity contribution is 14.0. The minimum Gasteiger partial charge on any atom is -0.381 e. The van der Waals surface area contributed by atoms with Crippen molar-refractivity contribution in [3.8, 4) is 0 Å². The van der Waals surface area contributed by atoms with Crippen LogP contribution in [-0.2, 0) is 10.2 Å². The van der Waals surface area contributed by atoms with E-state index in [0.717, 1.165) is 43.6 Å². The second-order valence-electron chi connectivity index (χ2n) is 6.22. The van der Waals surface area contributed by atoms with Gasteiger partial charge in [0, 0.05) is 43.3 Å². The Morgan fingerprint density at radius 2 is 2.00 bits per heavy atom. The molecule has 0 atom stereocenters. The molecule has 3 rings (SSSR count). The van der Waals surface area contributed by atoms with Gasteiger partial charge in [-0.2, -0.15) is 0 Å². The molecule has 1 saturated carbocycles. The van der Waals surface area contributed by atoms with Gasteiger partial charge in [-0.3, -0.25) is 4.99 Å². The van der Waals surface area contributed by atoms with Crippen LogP contribution in [0.25, 0.3) is 0 Å². The predicted molar refractivity (Wildman–Crippen MR) is 106 cm³/mol. The first-order valence-corrected chi connectivity index (χ1v) is 8.41. The Hall–Kier alpha value is -0.530. The molecule has 1 heterocycles. The molecule has 6 heteroatoms. The van der Waals surface area contributed by atoms with Crippen molar-refractivity contribution in [3.63, 3.8) is 0 Å². The van der Waals surface area contributed by atoms with E-state index in [1.165, 1.54) is 18.4 Å². The third kappa shape index (κ3) is 4.73. The fraction of sp³-hybridized carbons (Fsp3) is 0.588. The van der Waals surface area contributed by atoms with Gasteiger partial charge in [0.15, 0.2) is 5.96 Å². The van der Waals surface area contributed by atoms with Crippen molar-refractivity contribution in [2.45, 2.75) is 37.1 Å². The van der Waals surface area contributed by atoms with E-state index in [2.05, 4.69) is 27.8 Å². The van der Waals surface area contributed by atoms with Gasteiger partial charge in [0.2, 0.25) is 0 Å². The Kier molecular flexibility index (Phi) is 6.98. The minimum absolute atomic E-state index is 0. The molecule has 1 aliphatic carbocycles. The van der Waals surface area contributed by atoms with Crippen LogP contribution in [0.15, 0.2) is 29.3 Å². The SMILES string of the molecule is CN=C(NCC1(c2ccccc2Cl)CCOCC1)NC1CC1.I. The van der Waals surface area contributed by atoms with Crippen molar-refractivity contribution in [3.05, 3.63) is 34.9 Å². The number of halogens is 2. The van der Waals surface area contributed by atoms with Gasteiger partial charge in [-0.05, 0) is 37.3 Å². The van der Waals surface area contributed by atoms with Gasteiger partial charge in [-0.15, -0.1) is 24.0 Å². The van der Waals surface area contributed by atoms with Crippen molar-refractivity contribution in [2.75, 3.05) is 26.8 Å². The van der Waals surface area contributed by atoms with E-state index >= 15 is 0 Å². The standard InChI is InChI=1S/C17H24ClN3O.HI/c1-19-16(21-13-6-7-13)20-12-17(8-10-22-11-9-17)14-4-2-3-5-15(14)18;/h2-5,13H,6-12H2,1H3,(H2,19,20,21);1H. The van der Waals surface area contributed by atoms with Crippen LogP contribution in [0.1, 0.15) is 31.2 Å². The minimum atomic E-state index is 0. The summed E-state index contributed by atoms with van der Waals surface area (Å²) < 4.78 is 5.58. The summed E-state index contributed by atoms with van der Waals surface area (Å²) in [7, 11) is 1.82. The smallest absolute Gasteiger partial charge is 0.191 e. The molecule has 0 unspecified atom stereocenters. The lowest BCUT2D eigenvalue weighted by Crippen LogP contribution is -2.48. The molecule has 1 saturated heterocycles. The van der Waals surface area contributed by atoms with Crippen LogP contribution < -0.4 is 10.6 Å². The highest BCUT2D eigenvalue weighted by Crippen LogP contribution is 2.38. The Morgan fingerprint density at radius 3 is 2.61 bits per heavy atom. The largest absolute Gasteiger partial charge is 0.381 e. The number of ether oxygens (including phenoxy) is 1. The number of aliphatic imine (C=N–C) groups is 1. The molecule has 0 radical (unpaired) electrons. The molecule has 1 aromatic carbocycles. The Balaban J connectivity index is 0.00000192. The number of rotatable bonds is 4. The topological polar surface area (TPSA) is 45.7 Å². The normalized spacial score (nSPS) is 20.5. The zero-order chi connectivity index (χ0) is 15.4. The quantitative estimate of drug-likeness (QED) is 0.421. The molecule has 0 spiro atoms. The summed E-state index contributed by atoms with van der Waals surface area (Å²) in [4.78, 5) is 4.33. The van der Waals surface area contributed by atoms with Crippen molar-refractivity contribution in [1.82, 2.24) is 10.6 Å². The van der Waals surface area contributed by atoms with Crippen LogP contribution in [-0.4, -0.2) is 38.8 Å². The summed E-state index contributed by atoms with van der Waals surface area (Å²) in [5.41, 5.74) is 1.23. The van der Waals surface area contributed by atoms with Crippen LogP contribution >= 0.6 is 35.6 Å². The van der Waals surface area contributed by atoms with E-state index in [0.29, 0.717) is 6.04 Å². The van der Waals surface area contributed by atoms with Crippen molar-refractivity contribution < 1.29 is 4.74 Å². The molecule has 4 nitrogen and oxygen atoms in total. The maximum absolute atomic E-state index is 6.48. The molecule has 1 aromatic rings. The van der Waals surface area contributed by atoms with Crippen LogP contribution in [0.4, 0.5) is 0 Å². The van der Waals surface area contributed by atoms with Crippen LogP contribution in [0.3, 0.4) is 0 Å². The highest BCUT2D eigenvalue weighted by atomic mass is 127. The first-order valence-electron chi connectivity index (χ1n) is 8.03. The fourth-order valence-electron chi connectivity index (χ4n) is 3.06. The molecule has 1 aliphatic heterocycles. The third-order valence-corrected chi connectivity index (χ3v) is 4.96. The van der Waals surface area contributed by atoms with Gasteiger partial charge in [0.25, 0.3) is 0 Å². The van der Waals surface area contributed by atoms with Gasteiger partial charge in [-0.25, -0.2) is 0 Å². The van der Waals surface area contributed by atoms with Gasteiger partial charge in [0.1, 0.15) is 0 Å². The second-order valence-corrected chi connectivity index (χ2v) is 6.62. The van der Waals surface area contributed by atoms with E-state index in [4.69, 9.17) is 16.3 Å². The predicted octanol–water partition coefficient (Wildman–Crippen LogP) is 3.33. The molecular formula is C17H25ClIN3O. The zero-order valence-electron chi connectivity index (χ0n) is 13.5. The van der Waals surface area contributed by atoms with Crippen molar-refractivity contribution >= 4 is 41.5 Å². The molecule has 2 aliphatic rings. The Bertz CT molecular complexity index is 542. The summed E-state index contributed by atoms with van der Waals surface area (Å²) in [5.74, 6) is 0.889. The number of hydrogen-bond donors (Lipinski definition) is 2. The second kappa shape index (κ2) is 8.53. The summed E-state index contributed by atoms with van der Waals surface area (Å²) in [6.07, 6.45) is 4.43. The van der Waals surface area contributed by atoms with E-state index in [1.807, 2.05) is 19.2 Å². The molecule has 0 aromatic heterocycles. The van der Waals surface area contributed by atoms with Crippen LogP contribution in [0.5, 0.6) is 0 Å². The highest BCUT2D eigenvalue weighted by Gasteiger charge is 2.36. The third-order valence-electron chi connectivity index (χ3n) is 4.63. The van der Waals surface area contributed by atoms with Gasteiger partial charge in [-0.1, -0.05) is 29.8 Å². The fourth-order valence-corrected chi connectivity index (χ4v) is 3.40. The molecule has 2 fully saturated rings. The monoisotopic (exact) mass is 449 g/mol. The van der Waals surface area contributed by atoms with Crippen molar-refractivity contribution in [2.24, 2.45) is 4.99 Å². The van der Waals surface area contributed by atoms with Crippen LogP contribution in [0, 0.1) is 0 Å². The van der Waals surface area contributed by atoms with E-state index in [9.17, 15) is 0 Å². The zero-order valence-corrected chi connectivity index (χ0v) is 16.6. The lowest BCUT2D eigenvalue weighted by Gasteiger charge is -2.38. The molecule has 2 N–H and O–H groups in total. The maximum atomic E-state index is 6.48. The Labute approximate surface area is 160 Å². The summed E-state index contributed by atoms with van der Waals surface area (Å²) in [6, 6.07) is 8.77. The number of nitrogens with one attached hydrogen (secondary N) is 2. The van der Waals surface area contributed by atoms with E-state index in [-0.39, 0.29) is 29.4 Å². The summed E-state index contributed by atoms with van der Waals surface area (Å²) in [5, 5.41) is 7.78. The van der Waals surface area contributed by atoms with Gasteiger partial charge < -0.3 is 15.4 Å². The Morgan fingerprint density at radius 1 is 1.30 bits per heavy atom. The van der Waals surface area contributed by atoms with Gasteiger partial charge >= 0.3 is 0 Å². The molecule has 0 bridgehead atoms. The van der Waals surface area contributed by atoms with Crippen molar-refractivity contribution in [1.29, 1.82) is 0 Å². The average Bonchev–Trinajstić information content (AvgIpc) is 3.37. The van der Waals surface area contributed by atoms with E-state index in [1.54, 1.807) is 0 Å². The lowest BCUT2D eigenvalue weighted by atomic mass is 9.74. The number of nitrogens with zero attached hydrogens (tertiary/aromatic N) is 1. The average molecular weight is 450 g/mol. The summed E-state index contributed by atoms with van der Waals surface area (Å²) >= 11 is 6.48. The lowest BCUT2D eigenvalue weighted by molar-refractivity contribution is 0.0514. The number of guanidine groups is 1. The molecule has 0 amide bonds. The van der Waals surface area contributed by atoms with Gasteiger partial charge in [0.05, 0.1) is 0 Å². The number of benzene rings is 1. The maximum Gasteiger partial charge on any atom is 0.191 e. The molecule has 128 valence electrons. The van der Waals surface area contributed by atoms with E-state index < -0.39 is 0 Å². The molecular weight excluding hydrogens is 425 g/mol. The first-order chi connectivity index (χ1) is 10.7. The first kappa shape index (κ1) is 18.8. The van der Waals surface area contributed by atoms with Crippen LogP contribution in [0.2, 0.25) is 5.02 Å². The summed E-state index contributed by atoms with van der Waals surface area (Å²) in [6.45, 7) is 2.38.